The average Bonchev–Trinajstić information content (AvgIpc) is 2.81. The van der Waals surface area contributed by atoms with Gasteiger partial charge in [0.1, 0.15) is 5.41 Å². The Morgan fingerprint density at radius 3 is 2.83 bits per heavy atom. The number of esters is 1. The lowest BCUT2D eigenvalue weighted by Crippen LogP contribution is -2.45. The topological polar surface area (TPSA) is 72.5 Å². The molecule has 0 aromatic heterocycles. The number of Topliss-reactive ketones (excluding diaryl/α,β-unsaturated/α-hetero) is 1. The van der Waals surface area contributed by atoms with Crippen LogP contribution in [0.2, 0.25) is 0 Å². The lowest BCUT2D eigenvalue weighted by atomic mass is 9.74. The Bertz CT molecular complexity index is 580. The summed E-state index contributed by atoms with van der Waals surface area (Å²) in [5, 5.41) is 2.71. The van der Waals surface area contributed by atoms with Crippen LogP contribution in [0.25, 0.3) is 0 Å². The van der Waals surface area contributed by atoms with Crippen LogP contribution in [-0.4, -0.2) is 23.8 Å². The molecule has 2 unspecified atom stereocenters. The summed E-state index contributed by atoms with van der Waals surface area (Å²) in [4.78, 5) is 35.4. The zero-order valence-corrected chi connectivity index (χ0v) is 9.73. The van der Waals surface area contributed by atoms with Crippen molar-refractivity contribution >= 4 is 23.3 Å². The van der Waals surface area contributed by atoms with Crippen LogP contribution >= 0.6 is 0 Å². The van der Waals surface area contributed by atoms with Crippen molar-refractivity contribution in [3.8, 4) is 0 Å². The molecule has 92 valence electrons. The minimum atomic E-state index is -1.18. The second-order valence-corrected chi connectivity index (χ2v) is 4.63. The standard InChI is InChI=1S/C13H11NO4/c1-7(15)11-13(6-10(16)18-11)8-4-2-3-5-9(8)14-12(13)17/h2-5,11H,6H2,1H3,(H,14,17). The summed E-state index contributed by atoms with van der Waals surface area (Å²) in [5.41, 5.74) is 0.132. The predicted molar refractivity (Wildman–Crippen MR) is 61.9 cm³/mol. The first-order valence-corrected chi connectivity index (χ1v) is 5.66. The third kappa shape index (κ3) is 1.19. The van der Waals surface area contributed by atoms with E-state index in [1.54, 1.807) is 24.3 Å². The van der Waals surface area contributed by atoms with Crippen LogP contribution in [0.3, 0.4) is 0 Å². The lowest BCUT2D eigenvalue weighted by Gasteiger charge is -2.24. The molecule has 0 aliphatic carbocycles. The summed E-state index contributed by atoms with van der Waals surface area (Å²) in [6, 6.07) is 7.08. The van der Waals surface area contributed by atoms with Crippen LogP contribution in [0.4, 0.5) is 5.69 Å². The van der Waals surface area contributed by atoms with Crippen LogP contribution in [0, 0.1) is 0 Å². The number of carbonyl (C=O) groups is 3. The fourth-order valence-electron chi connectivity index (χ4n) is 2.80. The number of cyclic esters (lactones) is 1. The Hall–Kier alpha value is -2.17. The van der Waals surface area contributed by atoms with Crippen molar-refractivity contribution in [3.63, 3.8) is 0 Å². The van der Waals surface area contributed by atoms with E-state index in [9.17, 15) is 14.4 Å². The van der Waals surface area contributed by atoms with Gasteiger partial charge < -0.3 is 10.1 Å². The smallest absolute Gasteiger partial charge is 0.308 e. The van der Waals surface area contributed by atoms with Crippen molar-refractivity contribution in [1.29, 1.82) is 0 Å². The molecule has 1 fully saturated rings. The quantitative estimate of drug-likeness (QED) is 0.742. The number of para-hydroxylation sites is 1. The molecule has 18 heavy (non-hydrogen) atoms. The highest BCUT2D eigenvalue weighted by atomic mass is 16.6. The van der Waals surface area contributed by atoms with Gasteiger partial charge in [0.05, 0.1) is 6.42 Å². The lowest BCUT2D eigenvalue weighted by molar-refractivity contribution is -0.147. The third-order valence-electron chi connectivity index (χ3n) is 3.55. The SMILES string of the molecule is CC(=O)C1OC(=O)CC12C(=O)Nc1ccccc12. The molecule has 5 nitrogen and oxygen atoms in total. The van der Waals surface area contributed by atoms with Gasteiger partial charge in [-0.1, -0.05) is 18.2 Å². The molecular weight excluding hydrogens is 234 g/mol. The first kappa shape index (κ1) is 11.0. The zero-order valence-electron chi connectivity index (χ0n) is 9.73. The molecule has 2 atom stereocenters. The number of carbonyl (C=O) groups excluding carboxylic acids is 3. The van der Waals surface area contributed by atoms with Crippen molar-refractivity contribution in [2.45, 2.75) is 24.9 Å². The number of ketones is 1. The van der Waals surface area contributed by atoms with Crippen molar-refractivity contribution < 1.29 is 19.1 Å². The molecule has 2 aliphatic heterocycles. The molecule has 0 saturated carbocycles. The fraction of sp³-hybridized carbons (Fsp3) is 0.308. The van der Waals surface area contributed by atoms with Crippen molar-refractivity contribution in [3.05, 3.63) is 29.8 Å². The van der Waals surface area contributed by atoms with E-state index in [-0.39, 0.29) is 18.1 Å². The van der Waals surface area contributed by atoms with Crippen LogP contribution < -0.4 is 5.32 Å². The number of hydrogen-bond donors (Lipinski definition) is 1. The number of fused-ring (bicyclic) bond motifs is 2. The highest BCUT2D eigenvalue weighted by Crippen LogP contribution is 2.47. The van der Waals surface area contributed by atoms with E-state index >= 15 is 0 Å². The van der Waals surface area contributed by atoms with Gasteiger partial charge in [-0.3, -0.25) is 14.4 Å². The van der Waals surface area contributed by atoms with Crippen LogP contribution in [0.1, 0.15) is 18.9 Å². The van der Waals surface area contributed by atoms with Gasteiger partial charge in [-0.15, -0.1) is 0 Å². The Kier molecular flexibility index (Phi) is 2.08. The van der Waals surface area contributed by atoms with Gasteiger partial charge >= 0.3 is 5.97 Å². The molecule has 3 rings (SSSR count). The molecule has 0 bridgehead atoms. The first-order valence-electron chi connectivity index (χ1n) is 5.66. The van der Waals surface area contributed by atoms with Gasteiger partial charge in [0, 0.05) is 5.69 Å². The number of hydrogen-bond acceptors (Lipinski definition) is 4. The van der Waals surface area contributed by atoms with Crippen molar-refractivity contribution in [2.75, 3.05) is 5.32 Å². The largest absolute Gasteiger partial charge is 0.453 e. The molecule has 2 heterocycles. The molecule has 1 aromatic carbocycles. The Morgan fingerprint density at radius 2 is 2.11 bits per heavy atom. The molecule has 0 radical (unpaired) electrons. The maximum Gasteiger partial charge on any atom is 0.308 e. The Balaban J connectivity index is 2.22. The summed E-state index contributed by atoms with van der Waals surface area (Å²) in [7, 11) is 0. The zero-order chi connectivity index (χ0) is 12.9. The number of benzene rings is 1. The molecule has 1 saturated heterocycles. The van der Waals surface area contributed by atoms with Gasteiger partial charge in [-0.05, 0) is 18.6 Å². The van der Waals surface area contributed by atoms with Gasteiger partial charge in [-0.25, -0.2) is 0 Å². The van der Waals surface area contributed by atoms with Gasteiger partial charge in [0.2, 0.25) is 5.91 Å². The van der Waals surface area contributed by atoms with Crippen LogP contribution in [-0.2, 0) is 24.5 Å². The van der Waals surface area contributed by atoms with Gasteiger partial charge in [0.15, 0.2) is 11.9 Å². The van der Waals surface area contributed by atoms with Gasteiger partial charge in [0.25, 0.3) is 0 Å². The maximum atomic E-state index is 12.2. The summed E-state index contributed by atoms with van der Waals surface area (Å²) >= 11 is 0. The molecule has 1 aromatic rings. The molecular formula is C13H11NO4. The second kappa shape index (κ2) is 3.41. The summed E-state index contributed by atoms with van der Waals surface area (Å²) in [5.74, 6) is -1.16. The van der Waals surface area contributed by atoms with Gasteiger partial charge in [-0.2, -0.15) is 0 Å². The summed E-state index contributed by atoms with van der Waals surface area (Å²) < 4.78 is 5.04. The number of rotatable bonds is 1. The highest BCUT2D eigenvalue weighted by molar-refractivity contribution is 6.13. The van der Waals surface area contributed by atoms with E-state index in [4.69, 9.17) is 4.74 Å². The number of anilines is 1. The number of amides is 1. The molecule has 1 N–H and O–H groups in total. The Labute approximate surface area is 103 Å². The highest BCUT2D eigenvalue weighted by Gasteiger charge is 2.61. The average molecular weight is 245 g/mol. The van der Waals surface area contributed by atoms with E-state index in [1.165, 1.54) is 6.92 Å². The normalized spacial score (nSPS) is 29.1. The van der Waals surface area contributed by atoms with E-state index in [2.05, 4.69) is 5.32 Å². The van der Waals surface area contributed by atoms with Crippen molar-refractivity contribution in [1.82, 2.24) is 0 Å². The molecule has 1 spiro atoms. The van der Waals surface area contributed by atoms with Crippen LogP contribution in [0.5, 0.6) is 0 Å². The minimum absolute atomic E-state index is 0.0832. The Morgan fingerprint density at radius 1 is 1.39 bits per heavy atom. The monoisotopic (exact) mass is 245 g/mol. The summed E-state index contributed by atoms with van der Waals surface area (Å²) in [6.45, 7) is 1.33. The number of nitrogens with one attached hydrogen (secondary N) is 1. The van der Waals surface area contributed by atoms with E-state index in [0.29, 0.717) is 11.3 Å². The minimum Gasteiger partial charge on any atom is -0.453 e. The molecule has 5 heteroatoms. The molecule has 2 aliphatic rings. The molecule has 1 amide bonds. The predicted octanol–water partition coefficient (Wildman–Crippen LogP) is 0.781. The summed E-state index contributed by atoms with van der Waals surface area (Å²) in [6.07, 6.45) is -1.10. The van der Waals surface area contributed by atoms with Crippen LogP contribution in [0.15, 0.2) is 24.3 Å². The first-order chi connectivity index (χ1) is 8.55. The van der Waals surface area contributed by atoms with E-state index in [0.717, 1.165) is 0 Å². The van der Waals surface area contributed by atoms with E-state index in [1.807, 2.05) is 0 Å². The third-order valence-corrected chi connectivity index (χ3v) is 3.55. The fourth-order valence-corrected chi connectivity index (χ4v) is 2.80. The van der Waals surface area contributed by atoms with E-state index < -0.39 is 17.5 Å². The number of ether oxygens (including phenoxy) is 1. The maximum absolute atomic E-state index is 12.2. The van der Waals surface area contributed by atoms with Crippen molar-refractivity contribution in [2.24, 2.45) is 0 Å². The second-order valence-electron chi connectivity index (χ2n) is 4.63.